The van der Waals surface area contributed by atoms with Crippen molar-refractivity contribution < 1.29 is 36.2 Å². The van der Waals surface area contributed by atoms with Gasteiger partial charge in [0.2, 0.25) is 5.91 Å². The average molecular weight is 458 g/mol. The number of anilines is 1. The van der Waals surface area contributed by atoms with Crippen molar-refractivity contribution in [3.8, 4) is 11.5 Å². The molecule has 0 aliphatic heterocycles. The summed E-state index contributed by atoms with van der Waals surface area (Å²) in [6, 6.07) is 3.69. The Hall–Kier alpha value is -2.37. The normalized spacial score (nSPS) is 11.6. The molecule has 2 rings (SSSR count). The Morgan fingerprint density at radius 2 is 2.00 bits per heavy atom. The second-order valence-electron chi connectivity index (χ2n) is 5.20. The van der Waals surface area contributed by atoms with E-state index in [4.69, 9.17) is 4.74 Å². The maximum Gasteiger partial charge on any atom is 0.436 e. The molecule has 0 saturated carbocycles. The SMILES string of the molecule is COc1cc(NC(=O)Cn2nc(C(F)(F)F)c(Br)c2C)ccc1OC(F)F. The van der Waals surface area contributed by atoms with Gasteiger partial charge in [-0.2, -0.15) is 27.1 Å². The quantitative estimate of drug-likeness (QED) is 0.659. The Morgan fingerprint density at radius 3 is 2.52 bits per heavy atom. The van der Waals surface area contributed by atoms with Crippen molar-refractivity contribution in [2.45, 2.75) is 26.3 Å². The molecule has 0 atom stereocenters. The predicted molar refractivity (Wildman–Crippen MR) is 87.9 cm³/mol. The van der Waals surface area contributed by atoms with Gasteiger partial charge in [-0.1, -0.05) is 0 Å². The van der Waals surface area contributed by atoms with Crippen LogP contribution in [-0.2, 0) is 17.5 Å². The van der Waals surface area contributed by atoms with Gasteiger partial charge < -0.3 is 14.8 Å². The highest BCUT2D eigenvalue weighted by molar-refractivity contribution is 9.10. The number of ether oxygens (including phenoxy) is 2. The predicted octanol–water partition coefficient (Wildman–Crippen LogP) is 4.22. The number of nitrogens with zero attached hydrogens (tertiary/aromatic N) is 2. The number of hydrogen-bond donors (Lipinski definition) is 1. The lowest BCUT2D eigenvalue weighted by atomic mass is 10.2. The molecule has 1 amide bonds. The molecule has 2 aromatic rings. The number of methoxy groups -OCH3 is 1. The number of halogens is 6. The maximum atomic E-state index is 12.9. The molecule has 0 saturated heterocycles. The molecule has 0 spiro atoms. The van der Waals surface area contributed by atoms with Crippen LogP contribution in [0.2, 0.25) is 0 Å². The van der Waals surface area contributed by atoms with Crippen LogP contribution in [0.3, 0.4) is 0 Å². The molecule has 0 fully saturated rings. The zero-order valence-corrected chi connectivity index (χ0v) is 15.5. The first-order valence-corrected chi connectivity index (χ1v) is 8.05. The van der Waals surface area contributed by atoms with Crippen LogP contribution in [0.4, 0.5) is 27.6 Å². The second-order valence-corrected chi connectivity index (χ2v) is 5.99. The number of carbonyl (C=O) groups excluding carboxylic acids is 1. The third-order valence-corrected chi connectivity index (χ3v) is 4.31. The Labute approximate surface area is 158 Å². The first-order chi connectivity index (χ1) is 12.5. The lowest BCUT2D eigenvalue weighted by molar-refractivity contribution is -0.142. The number of benzene rings is 1. The van der Waals surface area contributed by atoms with Crippen molar-refractivity contribution in [2.24, 2.45) is 0 Å². The van der Waals surface area contributed by atoms with E-state index in [1.54, 1.807) is 0 Å². The molecule has 0 unspecified atom stereocenters. The van der Waals surface area contributed by atoms with Crippen LogP contribution >= 0.6 is 15.9 Å². The zero-order valence-electron chi connectivity index (χ0n) is 13.9. The summed E-state index contributed by atoms with van der Waals surface area (Å²) in [6.07, 6.45) is -4.67. The summed E-state index contributed by atoms with van der Waals surface area (Å²) in [5, 5.41) is 5.82. The summed E-state index contributed by atoms with van der Waals surface area (Å²) in [7, 11) is 1.22. The van der Waals surface area contributed by atoms with Crippen LogP contribution in [0.15, 0.2) is 22.7 Å². The van der Waals surface area contributed by atoms with Gasteiger partial charge in [0.15, 0.2) is 17.2 Å². The highest BCUT2D eigenvalue weighted by Crippen LogP contribution is 2.35. The fourth-order valence-electron chi connectivity index (χ4n) is 2.13. The molecule has 1 N–H and O–H groups in total. The number of aromatic nitrogens is 2. The van der Waals surface area contributed by atoms with E-state index in [0.29, 0.717) is 0 Å². The molecule has 0 aliphatic rings. The number of carbonyl (C=O) groups is 1. The van der Waals surface area contributed by atoms with Crippen molar-refractivity contribution in [2.75, 3.05) is 12.4 Å². The van der Waals surface area contributed by atoms with Crippen LogP contribution < -0.4 is 14.8 Å². The van der Waals surface area contributed by atoms with E-state index >= 15 is 0 Å². The second kappa shape index (κ2) is 8.11. The zero-order chi connectivity index (χ0) is 20.4. The molecule has 27 heavy (non-hydrogen) atoms. The Kier molecular flexibility index (Phi) is 6.29. The Morgan fingerprint density at radius 1 is 1.33 bits per heavy atom. The number of alkyl halides is 5. The van der Waals surface area contributed by atoms with Gasteiger partial charge in [0, 0.05) is 11.8 Å². The van der Waals surface area contributed by atoms with Gasteiger partial charge in [-0.25, -0.2) is 0 Å². The minimum atomic E-state index is -4.67. The van der Waals surface area contributed by atoms with E-state index in [1.165, 1.54) is 26.2 Å². The van der Waals surface area contributed by atoms with Crippen LogP contribution in [0, 0.1) is 6.92 Å². The van der Waals surface area contributed by atoms with Crippen LogP contribution in [0.1, 0.15) is 11.4 Å². The van der Waals surface area contributed by atoms with Crippen molar-refractivity contribution in [1.29, 1.82) is 0 Å². The molecule has 1 aromatic carbocycles. The smallest absolute Gasteiger partial charge is 0.436 e. The number of rotatable bonds is 6. The van der Waals surface area contributed by atoms with Crippen molar-refractivity contribution in [3.05, 3.63) is 34.1 Å². The van der Waals surface area contributed by atoms with Gasteiger partial charge in [-0.05, 0) is 35.0 Å². The minimum Gasteiger partial charge on any atom is -0.493 e. The van der Waals surface area contributed by atoms with Gasteiger partial charge in [0.25, 0.3) is 0 Å². The van der Waals surface area contributed by atoms with Gasteiger partial charge >= 0.3 is 12.8 Å². The summed E-state index contributed by atoms with van der Waals surface area (Å²) < 4.78 is 73.0. The third-order valence-electron chi connectivity index (χ3n) is 3.36. The molecular weight excluding hydrogens is 445 g/mol. The van der Waals surface area contributed by atoms with E-state index in [1.807, 2.05) is 0 Å². The third kappa shape index (κ3) is 5.08. The summed E-state index contributed by atoms with van der Waals surface area (Å²) >= 11 is 2.81. The Balaban J connectivity index is 2.15. The van der Waals surface area contributed by atoms with Gasteiger partial charge in [-0.15, -0.1) is 0 Å². The highest BCUT2D eigenvalue weighted by Gasteiger charge is 2.38. The standard InChI is InChI=1S/C15H13BrF5N3O3/c1-7-12(16)13(15(19,20)21)23-24(7)6-11(25)22-8-3-4-9(27-14(17)18)10(5-8)26-2/h3-5,14H,6H2,1-2H3,(H,22,25). The van der Waals surface area contributed by atoms with Crippen LogP contribution in [-0.4, -0.2) is 29.4 Å². The first kappa shape index (κ1) is 20.9. The Bertz CT molecular complexity index is 839. The molecule has 6 nitrogen and oxygen atoms in total. The lowest BCUT2D eigenvalue weighted by Gasteiger charge is -2.12. The topological polar surface area (TPSA) is 65.4 Å². The van der Waals surface area contributed by atoms with Gasteiger partial charge in [0.1, 0.15) is 6.54 Å². The van der Waals surface area contributed by atoms with E-state index in [0.717, 1.165) is 10.7 Å². The van der Waals surface area contributed by atoms with E-state index in [-0.39, 0.29) is 27.4 Å². The average Bonchev–Trinajstić information content (AvgIpc) is 2.84. The fourth-order valence-corrected chi connectivity index (χ4v) is 2.64. The van der Waals surface area contributed by atoms with E-state index in [9.17, 15) is 26.7 Å². The number of amides is 1. The first-order valence-electron chi connectivity index (χ1n) is 7.25. The molecule has 1 aromatic heterocycles. The summed E-state index contributed by atoms with van der Waals surface area (Å²) in [5.74, 6) is -0.955. The van der Waals surface area contributed by atoms with Gasteiger partial charge in [0.05, 0.1) is 17.3 Å². The van der Waals surface area contributed by atoms with E-state index < -0.39 is 30.9 Å². The molecule has 12 heteroatoms. The molecular formula is C15H13BrF5N3O3. The van der Waals surface area contributed by atoms with E-state index in [2.05, 4.69) is 31.1 Å². The summed E-state index contributed by atoms with van der Waals surface area (Å²) in [6.45, 7) is -2.17. The summed E-state index contributed by atoms with van der Waals surface area (Å²) in [4.78, 5) is 12.1. The molecule has 0 aliphatic carbocycles. The number of nitrogens with one attached hydrogen (secondary N) is 1. The van der Waals surface area contributed by atoms with Crippen LogP contribution in [0.25, 0.3) is 0 Å². The maximum absolute atomic E-state index is 12.9. The van der Waals surface area contributed by atoms with Crippen LogP contribution in [0.5, 0.6) is 11.5 Å². The van der Waals surface area contributed by atoms with Gasteiger partial charge in [-0.3, -0.25) is 9.48 Å². The fraction of sp³-hybridized carbons (Fsp3) is 0.333. The monoisotopic (exact) mass is 457 g/mol. The minimum absolute atomic E-state index is 0.0505. The summed E-state index contributed by atoms with van der Waals surface area (Å²) in [5.41, 5.74) is -0.836. The highest BCUT2D eigenvalue weighted by atomic mass is 79.9. The van der Waals surface area contributed by atoms with Crippen molar-refractivity contribution >= 4 is 27.5 Å². The van der Waals surface area contributed by atoms with Crippen molar-refractivity contribution in [3.63, 3.8) is 0 Å². The number of hydrogen-bond acceptors (Lipinski definition) is 4. The lowest BCUT2D eigenvalue weighted by Crippen LogP contribution is -2.21. The molecule has 1 heterocycles. The molecule has 0 bridgehead atoms. The molecule has 0 radical (unpaired) electrons. The largest absolute Gasteiger partial charge is 0.493 e. The van der Waals surface area contributed by atoms with Crippen molar-refractivity contribution in [1.82, 2.24) is 9.78 Å². The molecule has 148 valence electrons.